The van der Waals surface area contributed by atoms with Crippen LogP contribution < -0.4 is 28.4 Å². The molecule has 9 heteroatoms. The molecule has 0 aromatic heterocycles. The fraction of sp³-hybridized carbons (Fsp3) is 0.207. The van der Waals surface area contributed by atoms with Crippen molar-refractivity contribution >= 4 is 23.8 Å². The number of carbonyl (C=O) groups excluding carboxylic acids is 3. The van der Waals surface area contributed by atoms with E-state index in [4.69, 9.17) is 28.4 Å². The normalized spacial score (nSPS) is 16.7. The summed E-state index contributed by atoms with van der Waals surface area (Å²) >= 11 is 0. The van der Waals surface area contributed by atoms with E-state index >= 15 is 0 Å². The van der Waals surface area contributed by atoms with Crippen molar-refractivity contribution in [3.05, 3.63) is 76.5 Å². The molecule has 5 rings (SSSR count). The topological polar surface area (TPSA) is 107 Å². The lowest BCUT2D eigenvalue weighted by atomic mass is 9.84. The maximum absolute atomic E-state index is 13.3. The number of Topliss-reactive ketones (excluding diaryl/α,β-unsaturated/α-hetero) is 1. The molecule has 0 saturated heterocycles. The Morgan fingerprint density at radius 2 is 1.61 bits per heavy atom. The zero-order valence-electron chi connectivity index (χ0n) is 21.2. The Morgan fingerprint density at radius 3 is 2.21 bits per heavy atom. The van der Waals surface area contributed by atoms with Gasteiger partial charge in [-0.15, -0.1) is 0 Å². The Labute approximate surface area is 218 Å². The van der Waals surface area contributed by atoms with E-state index in [-0.39, 0.29) is 35.2 Å². The van der Waals surface area contributed by atoms with Crippen molar-refractivity contribution in [3.63, 3.8) is 0 Å². The van der Waals surface area contributed by atoms with Crippen LogP contribution in [0.3, 0.4) is 0 Å². The molecule has 194 valence electrons. The highest BCUT2D eigenvalue weighted by Gasteiger charge is 2.39. The van der Waals surface area contributed by atoms with Gasteiger partial charge in [-0.05, 0) is 53.6 Å². The van der Waals surface area contributed by atoms with Gasteiger partial charge in [-0.2, -0.15) is 0 Å². The van der Waals surface area contributed by atoms with Gasteiger partial charge in [-0.3, -0.25) is 14.4 Å². The van der Waals surface area contributed by atoms with Gasteiger partial charge >= 0.3 is 11.9 Å². The van der Waals surface area contributed by atoms with Crippen LogP contribution in [0, 0.1) is 0 Å². The van der Waals surface area contributed by atoms with Crippen LogP contribution in [0.15, 0.2) is 54.3 Å². The van der Waals surface area contributed by atoms with Crippen molar-refractivity contribution in [1.82, 2.24) is 0 Å². The summed E-state index contributed by atoms with van der Waals surface area (Å²) < 4.78 is 33.1. The lowest BCUT2D eigenvalue weighted by Crippen LogP contribution is -2.21. The van der Waals surface area contributed by atoms with Crippen LogP contribution >= 0.6 is 0 Å². The van der Waals surface area contributed by atoms with Gasteiger partial charge in [0.05, 0.1) is 33.3 Å². The van der Waals surface area contributed by atoms with Crippen LogP contribution in [0.4, 0.5) is 0 Å². The smallest absolute Gasteiger partial charge is 0.312 e. The Hall–Kier alpha value is -4.79. The number of ketones is 1. The van der Waals surface area contributed by atoms with E-state index in [1.807, 2.05) is 12.1 Å². The standard InChI is InChI=1S/C29H24O9/c1-15(30)36-29-23(34-3)12-17(13-24(29)35-4)20-14-25(31)37-21-10-9-19-27(32)22(38-28(19)26(20)21)11-16-5-7-18(33-2)8-6-16/h5-13,20H,14H2,1-4H3/b22-11-/t20-/m0/s1. The maximum atomic E-state index is 13.3. The molecule has 3 aromatic carbocycles. The molecular formula is C29H24O9. The van der Waals surface area contributed by atoms with Gasteiger partial charge in [0.2, 0.25) is 11.5 Å². The van der Waals surface area contributed by atoms with E-state index in [1.165, 1.54) is 21.1 Å². The number of esters is 2. The first-order valence-corrected chi connectivity index (χ1v) is 11.7. The quantitative estimate of drug-likeness (QED) is 0.262. The number of hydrogen-bond acceptors (Lipinski definition) is 9. The number of carbonyl (C=O) groups is 3. The van der Waals surface area contributed by atoms with E-state index in [9.17, 15) is 14.4 Å². The van der Waals surface area contributed by atoms with Crippen molar-refractivity contribution in [1.29, 1.82) is 0 Å². The van der Waals surface area contributed by atoms with Crippen LogP contribution in [0.25, 0.3) is 6.08 Å². The molecule has 0 saturated carbocycles. The molecule has 9 nitrogen and oxygen atoms in total. The van der Waals surface area contributed by atoms with Gasteiger partial charge in [0.15, 0.2) is 17.3 Å². The van der Waals surface area contributed by atoms with Gasteiger partial charge in [-0.25, -0.2) is 0 Å². The monoisotopic (exact) mass is 516 g/mol. The van der Waals surface area contributed by atoms with Crippen molar-refractivity contribution in [2.45, 2.75) is 19.3 Å². The van der Waals surface area contributed by atoms with Crippen LogP contribution in [-0.4, -0.2) is 39.1 Å². The Morgan fingerprint density at radius 1 is 0.921 bits per heavy atom. The van der Waals surface area contributed by atoms with E-state index in [1.54, 1.807) is 49.6 Å². The van der Waals surface area contributed by atoms with Crippen LogP contribution in [0.2, 0.25) is 0 Å². The first kappa shape index (κ1) is 24.9. The zero-order chi connectivity index (χ0) is 27.0. The average Bonchev–Trinajstić information content (AvgIpc) is 3.23. The summed E-state index contributed by atoms with van der Waals surface area (Å²) in [5.74, 6) is 0.270. The molecule has 0 unspecified atom stereocenters. The molecular weight excluding hydrogens is 492 g/mol. The molecule has 0 amide bonds. The molecule has 2 aliphatic rings. The summed E-state index contributed by atoms with van der Waals surface area (Å²) in [5, 5.41) is 0. The molecule has 0 fully saturated rings. The summed E-state index contributed by atoms with van der Waals surface area (Å²) in [6, 6.07) is 13.7. The molecule has 1 atom stereocenters. The minimum Gasteiger partial charge on any atom is -0.497 e. The summed E-state index contributed by atoms with van der Waals surface area (Å²) in [6.45, 7) is 1.27. The first-order valence-electron chi connectivity index (χ1n) is 11.7. The van der Waals surface area contributed by atoms with Crippen LogP contribution in [-0.2, 0) is 9.59 Å². The Balaban J connectivity index is 1.60. The number of rotatable bonds is 6. The molecule has 3 aromatic rings. The number of methoxy groups -OCH3 is 3. The molecule has 0 N–H and O–H groups in total. The van der Waals surface area contributed by atoms with Crippen LogP contribution in [0.1, 0.15) is 46.3 Å². The second-order valence-electron chi connectivity index (χ2n) is 8.65. The Kier molecular flexibility index (Phi) is 6.50. The highest BCUT2D eigenvalue weighted by molar-refractivity contribution is 6.15. The van der Waals surface area contributed by atoms with Crippen molar-refractivity contribution in [3.8, 4) is 34.5 Å². The molecule has 38 heavy (non-hydrogen) atoms. The summed E-state index contributed by atoms with van der Waals surface area (Å²) in [4.78, 5) is 37.5. The lowest BCUT2D eigenvalue weighted by Gasteiger charge is -2.27. The molecule has 0 bridgehead atoms. The lowest BCUT2D eigenvalue weighted by molar-refractivity contribution is -0.135. The van der Waals surface area contributed by atoms with E-state index in [0.717, 1.165) is 5.56 Å². The molecule has 2 aliphatic heterocycles. The maximum Gasteiger partial charge on any atom is 0.312 e. The third-order valence-corrected chi connectivity index (χ3v) is 6.32. The predicted octanol–water partition coefficient (Wildman–Crippen LogP) is 4.69. The average molecular weight is 517 g/mol. The van der Waals surface area contributed by atoms with Gasteiger partial charge in [0, 0.05) is 18.4 Å². The molecule has 0 spiro atoms. The van der Waals surface area contributed by atoms with Gasteiger partial charge < -0.3 is 28.4 Å². The number of allylic oxidation sites excluding steroid dienone is 1. The summed E-state index contributed by atoms with van der Waals surface area (Å²) in [6.07, 6.45) is 1.63. The zero-order valence-corrected chi connectivity index (χ0v) is 21.2. The second-order valence-corrected chi connectivity index (χ2v) is 8.65. The fourth-order valence-electron chi connectivity index (χ4n) is 4.59. The van der Waals surface area contributed by atoms with Crippen molar-refractivity contribution in [2.75, 3.05) is 21.3 Å². The molecule has 0 aliphatic carbocycles. The summed E-state index contributed by atoms with van der Waals surface area (Å²) in [7, 11) is 4.45. The number of fused-ring (bicyclic) bond motifs is 3. The third-order valence-electron chi connectivity index (χ3n) is 6.32. The van der Waals surface area contributed by atoms with E-state index in [2.05, 4.69) is 0 Å². The van der Waals surface area contributed by atoms with Crippen molar-refractivity contribution in [2.24, 2.45) is 0 Å². The highest BCUT2D eigenvalue weighted by Crippen LogP contribution is 2.51. The third kappa shape index (κ3) is 4.43. The highest BCUT2D eigenvalue weighted by atomic mass is 16.6. The second kappa shape index (κ2) is 9.93. The van der Waals surface area contributed by atoms with E-state index < -0.39 is 17.9 Å². The van der Waals surface area contributed by atoms with Gasteiger partial charge in [-0.1, -0.05) is 12.1 Å². The molecule has 0 radical (unpaired) electrons. The van der Waals surface area contributed by atoms with Gasteiger partial charge in [0.1, 0.15) is 17.2 Å². The summed E-state index contributed by atoms with van der Waals surface area (Å²) in [5.41, 5.74) is 2.30. The predicted molar refractivity (Wildman–Crippen MR) is 135 cm³/mol. The minimum absolute atomic E-state index is 0.0161. The number of hydrogen-bond donors (Lipinski definition) is 0. The SMILES string of the molecule is COc1ccc(/C=C2\Oc3c(ccc4c3[C@H](c3cc(OC)c(OC(C)=O)c(OC)c3)CC(=O)O4)C2=O)cc1. The van der Waals surface area contributed by atoms with E-state index in [0.29, 0.717) is 33.9 Å². The van der Waals surface area contributed by atoms with Crippen molar-refractivity contribution < 1.29 is 42.8 Å². The minimum atomic E-state index is -0.552. The van der Waals surface area contributed by atoms with Gasteiger partial charge in [0.25, 0.3) is 0 Å². The molecule has 2 heterocycles. The largest absolute Gasteiger partial charge is 0.497 e. The fourth-order valence-corrected chi connectivity index (χ4v) is 4.59. The first-order chi connectivity index (χ1) is 18.3. The number of ether oxygens (including phenoxy) is 6. The Bertz CT molecular complexity index is 1460. The van der Waals surface area contributed by atoms with Crippen LogP contribution in [0.5, 0.6) is 34.5 Å². The number of benzene rings is 3.